The minimum Gasteiger partial charge on any atom is -0.351 e. The van der Waals surface area contributed by atoms with Crippen molar-refractivity contribution >= 4 is 21.4 Å². The Kier molecular flexibility index (Phi) is 3.72. The van der Waals surface area contributed by atoms with E-state index >= 15 is 0 Å². The third kappa shape index (κ3) is 3.22. The number of nitrogens with one attached hydrogen (secondary N) is 1. The highest BCUT2D eigenvalue weighted by molar-refractivity contribution is 7.20. The van der Waals surface area contributed by atoms with E-state index in [2.05, 4.69) is 51.3 Å². The maximum Gasteiger partial charge on any atom is 0.246 e. The second kappa shape index (κ2) is 5.92. The largest absolute Gasteiger partial charge is 0.351 e. The molecular formula is C16H17N7OS. The van der Waals surface area contributed by atoms with Gasteiger partial charge in [-0.1, -0.05) is 37.3 Å². The summed E-state index contributed by atoms with van der Waals surface area (Å²) >= 11 is 1.49. The van der Waals surface area contributed by atoms with Crippen molar-refractivity contribution in [1.29, 1.82) is 0 Å². The van der Waals surface area contributed by atoms with Gasteiger partial charge in [-0.2, -0.15) is 4.98 Å². The van der Waals surface area contributed by atoms with Crippen molar-refractivity contribution in [2.45, 2.75) is 32.7 Å². The fraction of sp³-hybridized carbons (Fsp3) is 0.312. The van der Waals surface area contributed by atoms with Gasteiger partial charge in [0.1, 0.15) is 0 Å². The van der Waals surface area contributed by atoms with E-state index in [9.17, 15) is 0 Å². The molecule has 0 fully saturated rings. The smallest absolute Gasteiger partial charge is 0.246 e. The fourth-order valence-corrected chi connectivity index (χ4v) is 3.01. The Balaban J connectivity index is 1.46. The van der Waals surface area contributed by atoms with Gasteiger partial charge >= 0.3 is 0 Å². The second-order valence-corrected chi connectivity index (χ2v) is 7.57. The van der Waals surface area contributed by atoms with E-state index in [0.717, 1.165) is 21.3 Å². The van der Waals surface area contributed by atoms with Crippen LogP contribution in [0.2, 0.25) is 0 Å². The van der Waals surface area contributed by atoms with Crippen molar-refractivity contribution in [3.63, 3.8) is 0 Å². The maximum atomic E-state index is 5.27. The summed E-state index contributed by atoms with van der Waals surface area (Å²) in [5, 5.41) is 12.4. The first-order valence-corrected chi connectivity index (χ1v) is 8.64. The number of anilines is 1. The molecule has 0 aliphatic heterocycles. The summed E-state index contributed by atoms with van der Waals surface area (Å²) in [5.74, 6) is 1.04. The molecule has 4 heterocycles. The lowest BCUT2D eigenvalue weighted by Crippen LogP contribution is -2.11. The van der Waals surface area contributed by atoms with Crippen LogP contribution in [0.4, 0.5) is 5.13 Å². The van der Waals surface area contributed by atoms with Gasteiger partial charge in [0.05, 0.1) is 18.4 Å². The summed E-state index contributed by atoms with van der Waals surface area (Å²) < 4.78 is 7.07. The minimum atomic E-state index is 0.00806. The lowest BCUT2D eigenvalue weighted by molar-refractivity contribution is 0.384. The Hall–Kier alpha value is -2.81. The molecule has 128 valence electrons. The van der Waals surface area contributed by atoms with E-state index in [1.54, 1.807) is 16.9 Å². The topological polar surface area (TPSA) is 94.0 Å². The molecule has 4 rings (SSSR count). The summed E-state index contributed by atoms with van der Waals surface area (Å²) in [6.45, 7) is 6.80. The first-order chi connectivity index (χ1) is 12.0. The first kappa shape index (κ1) is 15.7. The molecule has 9 heteroatoms. The number of fused-ring (bicyclic) bond motifs is 1. The van der Waals surface area contributed by atoms with Gasteiger partial charge in [0, 0.05) is 23.4 Å². The Bertz CT molecular complexity index is 965. The number of nitrogens with zero attached hydrogens (tertiary/aromatic N) is 6. The van der Waals surface area contributed by atoms with Gasteiger partial charge in [0.25, 0.3) is 0 Å². The number of pyridine rings is 1. The first-order valence-electron chi connectivity index (χ1n) is 7.82. The molecule has 4 aromatic rings. The summed E-state index contributed by atoms with van der Waals surface area (Å²) in [6, 6.07) is 3.68. The van der Waals surface area contributed by atoms with E-state index in [4.69, 9.17) is 4.52 Å². The molecule has 0 aliphatic carbocycles. The lowest BCUT2D eigenvalue weighted by atomic mass is 9.93. The highest BCUT2D eigenvalue weighted by atomic mass is 32.1. The second-order valence-electron chi connectivity index (χ2n) is 6.61. The average Bonchev–Trinajstić information content (AvgIpc) is 3.27. The standard InChI is InChI=1S/C16H17N7OS/c1-16(2,3)11-9-23-15(19-11)25-14(21-23)18-8-12-20-13(22-24-12)10-4-6-17-7-5-10/h4-7,9H,8H2,1-3H3,(H,18,21). The van der Waals surface area contributed by atoms with Crippen molar-refractivity contribution in [3.05, 3.63) is 42.3 Å². The van der Waals surface area contributed by atoms with Crippen molar-refractivity contribution in [1.82, 2.24) is 29.7 Å². The van der Waals surface area contributed by atoms with E-state index < -0.39 is 0 Å². The molecule has 8 nitrogen and oxygen atoms in total. The summed E-state index contributed by atoms with van der Waals surface area (Å²) in [6.07, 6.45) is 5.35. The van der Waals surface area contributed by atoms with Gasteiger partial charge in [-0.25, -0.2) is 9.50 Å². The zero-order valence-electron chi connectivity index (χ0n) is 14.1. The van der Waals surface area contributed by atoms with Crippen LogP contribution in [0.15, 0.2) is 35.2 Å². The van der Waals surface area contributed by atoms with Gasteiger partial charge in [-0.05, 0) is 12.1 Å². The Morgan fingerprint density at radius 1 is 1.20 bits per heavy atom. The molecule has 1 N–H and O–H groups in total. The van der Waals surface area contributed by atoms with Crippen molar-refractivity contribution in [2.24, 2.45) is 0 Å². The predicted octanol–water partition coefficient (Wildman–Crippen LogP) is 3.15. The lowest BCUT2D eigenvalue weighted by Gasteiger charge is -2.13. The summed E-state index contributed by atoms with van der Waals surface area (Å²) in [4.78, 5) is 13.8. The van der Waals surface area contributed by atoms with Crippen LogP contribution in [-0.2, 0) is 12.0 Å². The van der Waals surface area contributed by atoms with E-state index in [0.29, 0.717) is 18.3 Å². The normalized spacial score (nSPS) is 12.0. The van der Waals surface area contributed by atoms with E-state index in [1.807, 2.05) is 18.3 Å². The fourth-order valence-electron chi connectivity index (χ4n) is 2.23. The van der Waals surface area contributed by atoms with Crippen LogP contribution in [0, 0.1) is 0 Å². The van der Waals surface area contributed by atoms with Crippen molar-refractivity contribution < 1.29 is 4.52 Å². The molecule has 0 radical (unpaired) electrons. The monoisotopic (exact) mass is 355 g/mol. The molecule has 0 saturated carbocycles. The molecule has 4 aromatic heterocycles. The average molecular weight is 355 g/mol. The molecule has 0 aliphatic rings. The van der Waals surface area contributed by atoms with E-state index in [-0.39, 0.29) is 5.41 Å². The van der Waals surface area contributed by atoms with E-state index in [1.165, 1.54) is 11.3 Å². The summed E-state index contributed by atoms with van der Waals surface area (Å²) in [7, 11) is 0. The molecule has 0 amide bonds. The quantitative estimate of drug-likeness (QED) is 0.601. The maximum absolute atomic E-state index is 5.27. The third-order valence-corrected chi connectivity index (χ3v) is 4.49. The number of hydrogen-bond acceptors (Lipinski definition) is 8. The zero-order valence-corrected chi connectivity index (χ0v) is 14.9. The third-order valence-electron chi connectivity index (χ3n) is 3.61. The summed E-state index contributed by atoms with van der Waals surface area (Å²) in [5.41, 5.74) is 1.90. The number of rotatable bonds is 4. The molecule has 0 spiro atoms. The molecule has 0 unspecified atom stereocenters. The highest BCUT2D eigenvalue weighted by Gasteiger charge is 2.19. The van der Waals surface area contributed by atoms with Crippen LogP contribution in [-0.4, -0.2) is 29.7 Å². The van der Waals surface area contributed by atoms with Crippen molar-refractivity contribution in [2.75, 3.05) is 5.32 Å². The van der Waals surface area contributed by atoms with Crippen LogP contribution in [0.25, 0.3) is 16.3 Å². The number of hydrogen-bond donors (Lipinski definition) is 1. The van der Waals surface area contributed by atoms with Crippen LogP contribution in [0.1, 0.15) is 32.4 Å². The van der Waals surface area contributed by atoms with Gasteiger partial charge < -0.3 is 9.84 Å². The highest BCUT2D eigenvalue weighted by Crippen LogP contribution is 2.26. The van der Waals surface area contributed by atoms with Gasteiger partial charge in [0.2, 0.25) is 21.8 Å². The minimum absolute atomic E-state index is 0.00806. The molecule has 0 bridgehead atoms. The van der Waals surface area contributed by atoms with Gasteiger partial charge in [0.15, 0.2) is 0 Å². The van der Waals surface area contributed by atoms with Gasteiger partial charge in [-0.15, -0.1) is 5.10 Å². The van der Waals surface area contributed by atoms with Crippen LogP contribution >= 0.6 is 11.3 Å². The zero-order chi connectivity index (χ0) is 17.4. The molecular weight excluding hydrogens is 338 g/mol. The predicted molar refractivity (Wildman–Crippen MR) is 94.4 cm³/mol. The Morgan fingerprint density at radius 2 is 2.00 bits per heavy atom. The number of imidazole rings is 1. The Labute approximate surface area is 147 Å². The molecule has 0 aromatic carbocycles. The van der Waals surface area contributed by atoms with Gasteiger partial charge in [-0.3, -0.25) is 4.98 Å². The SMILES string of the molecule is CC(C)(C)c1cn2nc(NCc3nc(-c4ccncc4)no3)sc2n1. The molecule has 25 heavy (non-hydrogen) atoms. The van der Waals surface area contributed by atoms with Crippen LogP contribution in [0.5, 0.6) is 0 Å². The van der Waals surface area contributed by atoms with Crippen LogP contribution < -0.4 is 5.32 Å². The number of aromatic nitrogens is 6. The molecule has 0 saturated heterocycles. The Morgan fingerprint density at radius 3 is 2.72 bits per heavy atom. The van der Waals surface area contributed by atoms with Crippen molar-refractivity contribution in [3.8, 4) is 11.4 Å². The van der Waals surface area contributed by atoms with Crippen LogP contribution in [0.3, 0.4) is 0 Å². The molecule has 0 atom stereocenters.